The van der Waals surface area contributed by atoms with E-state index in [4.69, 9.17) is 5.14 Å². The molecule has 1 aromatic rings. The van der Waals surface area contributed by atoms with E-state index < -0.39 is 16.0 Å². The zero-order chi connectivity index (χ0) is 12.9. The second-order valence-electron chi connectivity index (χ2n) is 3.07. The standard InChI is InChI=1S/C8H12N4O4S/c1-16-8(13)6-4-12-7(5-11-6)10-2-3-17(9,14)15/h4-5H,2-3H2,1H3,(H,10,12)(H2,9,14,15). The number of aromatic nitrogens is 2. The minimum atomic E-state index is -3.50. The third-order valence-electron chi connectivity index (χ3n) is 1.74. The number of hydrogen-bond donors (Lipinski definition) is 2. The number of sulfonamides is 1. The van der Waals surface area contributed by atoms with Crippen LogP contribution in [0.1, 0.15) is 10.5 Å². The van der Waals surface area contributed by atoms with E-state index in [-0.39, 0.29) is 18.0 Å². The van der Waals surface area contributed by atoms with E-state index in [2.05, 4.69) is 20.0 Å². The maximum atomic E-state index is 11.0. The van der Waals surface area contributed by atoms with Crippen LogP contribution in [0.4, 0.5) is 5.82 Å². The molecule has 9 heteroatoms. The molecular formula is C8H12N4O4S. The summed E-state index contributed by atoms with van der Waals surface area (Å²) in [6, 6.07) is 0. The molecule has 3 N–H and O–H groups in total. The first kappa shape index (κ1) is 13.3. The van der Waals surface area contributed by atoms with Gasteiger partial charge >= 0.3 is 5.97 Å². The van der Waals surface area contributed by atoms with Crippen molar-refractivity contribution in [2.75, 3.05) is 24.7 Å². The Morgan fingerprint density at radius 2 is 2.18 bits per heavy atom. The van der Waals surface area contributed by atoms with Crippen LogP contribution < -0.4 is 10.5 Å². The molecule has 0 aliphatic rings. The third-order valence-corrected chi connectivity index (χ3v) is 2.51. The number of anilines is 1. The van der Waals surface area contributed by atoms with E-state index in [1.807, 2.05) is 0 Å². The van der Waals surface area contributed by atoms with Gasteiger partial charge in [0.2, 0.25) is 10.0 Å². The van der Waals surface area contributed by atoms with Crippen LogP contribution in [-0.2, 0) is 14.8 Å². The van der Waals surface area contributed by atoms with Gasteiger partial charge in [-0.05, 0) is 0 Å². The molecule has 0 radical (unpaired) electrons. The highest BCUT2D eigenvalue weighted by atomic mass is 32.2. The van der Waals surface area contributed by atoms with Crippen LogP contribution in [0.3, 0.4) is 0 Å². The summed E-state index contributed by atoms with van der Waals surface area (Å²) >= 11 is 0. The molecule has 1 aromatic heterocycles. The summed E-state index contributed by atoms with van der Waals surface area (Å²) < 4.78 is 25.7. The van der Waals surface area contributed by atoms with Gasteiger partial charge in [0.15, 0.2) is 5.69 Å². The average molecular weight is 260 g/mol. The Labute approximate surface area is 98.3 Å². The minimum Gasteiger partial charge on any atom is -0.464 e. The Morgan fingerprint density at radius 1 is 1.47 bits per heavy atom. The summed E-state index contributed by atoms with van der Waals surface area (Å²) in [4.78, 5) is 18.7. The molecule has 17 heavy (non-hydrogen) atoms. The predicted octanol–water partition coefficient (Wildman–Crippen LogP) is -1.04. The van der Waals surface area contributed by atoms with Crippen molar-refractivity contribution in [3.8, 4) is 0 Å². The maximum absolute atomic E-state index is 11.0. The number of rotatable bonds is 5. The molecule has 1 heterocycles. The Morgan fingerprint density at radius 3 is 2.65 bits per heavy atom. The fourth-order valence-corrected chi connectivity index (χ4v) is 1.34. The zero-order valence-electron chi connectivity index (χ0n) is 9.08. The fraction of sp³-hybridized carbons (Fsp3) is 0.375. The van der Waals surface area contributed by atoms with Crippen molar-refractivity contribution in [3.63, 3.8) is 0 Å². The molecule has 1 rings (SSSR count). The third kappa shape index (κ3) is 4.74. The fourth-order valence-electron chi connectivity index (χ4n) is 0.951. The van der Waals surface area contributed by atoms with Crippen LogP contribution in [-0.4, -0.2) is 43.8 Å². The molecule has 0 aliphatic carbocycles. The lowest BCUT2D eigenvalue weighted by Gasteiger charge is -2.04. The van der Waals surface area contributed by atoms with Crippen molar-refractivity contribution in [2.45, 2.75) is 0 Å². The highest BCUT2D eigenvalue weighted by molar-refractivity contribution is 7.89. The number of primary sulfonamides is 1. The number of methoxy groups -OCH3 is 1. The first-order valence-corrected chi connectivity index (χ1v) is 6.28. The maximum Gasteiger partial charge on any atom is 0.358 e. The molecule has 0 saturated carbocycles. The summed E-state index contributed by atoms with van der Waals surface area (Å²) in [6.45, 7) is 0.116. The lowest BCUT2D eigenvalue weighted by Crippen LogP contribution is -2.22. The van der Waals surface area contributed by atoms with Crippen molar-refractivity contribution in [2.24, 2.45) is 5.14 Å². The second kappa shape index (κ2) is 5.55. The monoisotopic (exact) mass is 260 g/mol. The van der Waals surface area contributed by atoms with Gasteiger partial charge < -0.3 is 10.1 Å². The van der Waals surface area contributed by atoms with Gasteiger partial charge in [0.05, 0.1) is 25.3 Å². The van der Waals surface area contributed by atoms with Crippen LogP contribution in [0, 0.1) is 0 Å². The average Bonchev–Trinajstić information content (AvgIpc) is 2.27. The molecule has 0 aliphatic heterocycles. The molecule has 0 fully saturated rings. The van der Waals surface area contributed by atoms with Gasteiger partial charge in [0, 0.05) is 6.54 Å². The number of esters is 1. The minimum absolute atomic E-state index is 0.0736. The van der Waals surface area contributed by atoms with E-state index in [0.29, 0.717) is 5.82 Å². The van der Waals surface area contributed by atoms with E-state index in [1.54, 1.807) is 0 Å². The highest BCUT2D eigenvalue weighted by Crippen LogP contribution is 2.01. The number of carbonyl (C=O) groups excluding carboxylic acids is 1. The number of ether oxygens (including phenoxy) is 1. The van der Waals surface area contributed by atoms with Crippen LogP contribution in [0.2, 0.25) is 0 Å². The molecule has 94 valence electrons. The van der Waals surface area contributed by atoms with Crippen molar-refractivity contribution >= 4 is 21.8 Å². The van der Waals surface area contributed by atoms with Crippen LogP contribution >= 0.6 is 0 Å². The SMILES string of the molecule is COC(=O)c1cnc(NCCS(N)(=O)=O)cn1. The van der Waals surface area contributed by atoms with Crippen molar-refractivity contribution in [1.29, 1.82) is 0 Å². The topological polar surface area (TPSA) is 124 Å². The number of nitrogens with one attached hydrogen (secondary N) is 1. The van der Waals surface area contributed by atoms with Gasteiger partial charge in [-0.15, -0.1) is 0 Å². The largest absolute Gasteiger partial charge is 0.464 e. The summed E-state index contributed by atoms with van der Waals surface area (Å²) in [5, 5.41) is 7.52. The molecule has 0 atom stereocenters. The lowest BCUT2D eigenvalue weighted by atomic mass is 10.4. The quantitative estimate of drug-likeness (QED) is 0.648. The van der Waals surface area contributed by atoms with E-state index >= 15 is 0 Å². The Hall–Kier alpha value is -1.74. The van der Waals surface area contributed by atoms with Crippen molar-refractivity contribution in [1.82, 2.24) is 9.97 Å². The first-order chi connectivity index (χ1) is 7.92. The summed E-state index contributed by atoms with van der Waals surface area (Å²) in [5.41, 5.74) is 0.0736. The van der Waals surface area contributed by atoms with Gasteiger partial charge in [0.1, 0.15) is 5.82 Å². The molecule has 0 amide bonds. The van der Waals surface area contributed by atoms with Crippen molar-refractivity contribution < 1.29 is 17.9 Å². The van der Waals surface area contributed by atoms with Gasteiger partial charge in [-0.1, -0.05) is 0 Å². The van der Waals surface area contributed by atoms with E-state index in [9.17, 15) is 13.2 Å². The zero-order valence-corrected chi connectivity index (χ0v) is 9.90. The van der Waals surface area contributed by atoms with E-state index in [0.717, 1.165) is 0 Å². The number of nitrogens with two attached hydrogens (primary N) is 1. The van der Waals surface area contributed by atoms with Gasteiger partial charge in [0.25, 0.3) is 0 Å². The van der Waals surface area contributed by atoms with Crippen LogP contribution in [0.5, 0.6) is 0 Å². The number of carbonyl (C=O) groups is 1. The van der Waals surface area contributed by atoms with Gasteiger partial charge in [-0.25, -0.2) is 28.3 Å². The molecule has 8 nitrogen and oxygen atoms in total. The Balaban J connectivity index is 2.54. The molecular weight excluding hydrogens is 248 g/mol. The summed E-state index contributed by atoms with van der Waals surface area (Å²) in [5.74, 6) is -0.456. The number of nitrogens with zero attached hydrogens (tertiary/aromatic N) is 2. The molecule has 0 unspecified atom stereocenters. The van der Waals surface area contributed by atoms with Gasteiger partial charge in [-0.2, -0.15) is 0 Å². The van der Waals surface area contributed by atoms with Gasteiger partial charge in [-0.3, -0.25) is 0 Å². The van der Waals surface area contributed by atoms with Crippen LogP contribution in [0.15, 0.2) is 12.4 Å². The molecule has 0 spiro atoms. The molecule has 0 bridgehead atoms. The van der Waals surface area contributed by atoms with E-state index in [1.165, 1.54) is 19.5 Å². The first-order valence-electron chi connectivity index (χ1n) is 4.57. The van der Waals surface area contributed by atoms with Crippen molar-refractivity contribution in [3.05, 3.63) is 18.1 Å². The number of hydrogen-bond acceptors (Lipinski definition) is 7. The summed E-state index contributed by atoms with van der Waals surface area (Å²) in [6.07, 6.45) is 2.53. The Kier molecular flexibility index (Phi) is 4.35. The second-order valence-corrected chi connectivity index (χ2v) is 4.81. The normalized spacial score (nSPS) is 10.9. The molecule has 0 aromatic carbocycles. The smallest absolute Gasteiger partial charge is 0.358 e. The summed E-state index contributed by atoms with van der Waals surface area (Å²) in [7, 11) is -2.27. The molecule has 0 saturated heterocycles. The predicted molar refractivity (Wildman–Crippen MR) is 59.8 cm³/mol. The Bertz CT molecular complexity index is 485. The lowest BCUT2D eigenvalue weighted by molar-refractivity contribution is 0.0593. The highest BCUT2D eigenvalue weighted by Gasteiger charge is 2.07. The van der Waals surface area contributed by atoms with Crippen LogP contribution in [0.25, 0.3) is 0 Å².